The smallest absolute Gasteiger partial charge is 0.224 e. The fourth-order valence-corrected chi connectivity index (χ4v) is 3.17. The van der Waals surface area contributed by atoms with Crippen LogP contribution in [0.25, 0.3) is 0 Å². The van der Waals surface area contributed by atoms with E-state index in [0.717, 1.165) is 19.4 Å². The zero-order valence-electron chi connectivity index (χ0n) is 13.0. The second-order valence-corrected chi connectivity index (χ2v) is 7.13. The SMILES string of the molecule is CC(C)C(N)CC(=O)N(Cc1cccs1)CC1CCCO1. The van der Waals surface area contributed by atoms with E-state index in [1.807, 2.05) is 16.3 Å². The molecule has 2 heterocycles. The van der Waals surface area contributed by atoms with Crippen molar-refractivity contribution in [2.45, 2.75) is 51.8 Å². The summed E-state index contributed by atoms with van der Waals surface area (Å²) >= 11 is 1.69. The molecule has 2 unspecified atom stereocenters. The number of hydrogen-bond donors (Lipinski definition) is 1. The van der Waals surface area contributed by atoms with Crippen molar-refractivity contribution in [3.63, 3.8) is 0 Å². The molecule has 1 aliphatic rings. The maximum atomic E-state index is 12.6. The van der Waals surface area contributed by atoms with Gasteiger partial charge in [0.15, 0.2) is 0 Å². The molecule has 0 spiro atoms. The van der Waals surface area contributed by atoms with Crippen molar-refractivity contribution in [2.75, 3.05) is 13.2 Å². The van der Waals surface area contributed by atoms with Gasteiger partial charge in [-0.25, -0.2) is 0 Å². The molecule has 21 heavy (non-hydrogen) atoms. The lowest BCUT2D eigenvalue weighted by Crippen LogP contribution is -2.41. The van der Waals surface area contributed by atoms with Gasteiger partial charge < -0.3 is 15.4 Å². The Hall–Kier alpha value is -0.910. The molecular formula is C16H26N2O2S. The summed E-state index contributed by atoms with van der Waals surface area (Å²) in [6.45, 7) is 6.28. The number of ether oxygens (including phenoxy) is 1. The Morgan fingerprint density at radius 2 is 2.38 bits per heavy atom. The molecule has 1 aromatic rings. The van der Waals surface area contributed by atoms with Gasteiger partial charge in [-0.1, -0.05) is 19.9 Å². The average molecular weight is 310 g/mol. The fourth-order valence-electron chi connectivity index (χ4n) is 2.45. The molecule has 0 aliphatic carbocycles. The Kier molecular flexibility index (Phi) is 6.21. The van der Waals surface area contributed by atoms with Gasteiger partial charge in [0.25, 0.3) is 0 Å². The lowest BCUT2D eigenvalue weighted by Gasteiger charge is -2.27. The summed E-state index contributed by atoms with van der Waals surface area (Å²) < 4.78 is 5.68. The van der Waals surface area contributed by atoms with E-state index in [0.29, 0.717) is 25.4 Å². The maximum Gasteiger partial charge on any atom is 0.224 e. The van der Waals surface area contributed by atoms with Crippen molar-refractivity contribution in [1.82, 2.24) is 4.90 Å². The second-order valence-electron chi connectivity index (χ2n) is 6.10. The van der Waals surface area contributed by atoms with E-state index in [1.165, 1.54) is 4.88 Å². The van der Waals surface area contributed by atoms with Gasteiger partial charge in [0.2, 0.25) is 5.91 Å². The molecular weight excluding hydrogens is 284 g/mol. The van der Waals surface area contributed by atoms with Gasteiger partial charge in [-0.15, -0.1) is 11.3 Å². The van der Waals surface area contributed by atoms with Crippen LogP contribution in [-0.2, 0) is 16.1 Å². The first-order valence-corrected chi connectivity index (χ1v) is 8.61. The van der Waals surface area contributed by atoms with E-state index >= 15 is 0 Å². The molecule has 2 N–H and O–H groups in total. The van der Waals surface area contributed by atoms with Crippen LogP contribution in [0.4, 0.5) is 0 Å². The van der Waals surface area contributed by atoms with Crippen molar-refractivity contribution >= 4 is 17.2 Å². The molecule has 2 rings (SSSR count). The Morgan fingerprint density at radius 1 is 1.57 bits per heavy atom. The van der Waals surface area contributed by atoms with E-state index in [2.05, 4.69) is 19.9 Å². The van der Waals surface area contributed by atoms with Gasteiger partial charge in [0.05, 0.1) is 12.6 Å². The average Bonchev–Trinajstić information content (AvgIpc) is 3.10. The Balaban J connectivity index is 1.97. The molecule has 1 fully saturated rings. The standard InChI is InChI=1S/C16H26N2O2S/c1-12(2)15(17)9-16(19)18(10-13-5-3-7-20-13)11-14-6-4-8-21-14/h4,6,8,12-13,15H,3,5,7,9-11,17H2,1-2H3. The highest BCUT2D eigenvalue weighted by atomic mass is 32.1. The van der Waals surface area contributed by atoms with Crippen molar-refractivity contribution < 1.29 is 9.53 Å². The highest BCUT2D eigenvalue weighted by molar-refractivity contribution is 7.09. The van der Waals surface area contributed by atoms with Crippen molar-refractivity contribution in [2.24, 2.45) is 11.7 Å². The first kappa shape index (κ1) is 16.5. The van der Waals surface area contributed by atoms with Crippen LogP contribution >= 0.6 is 11.3 Å². The van der Waals surface area contributed by atoms with Crippen LogP contribution in [0.1, 0.15) is 38.0 Å². The summed E-state index contributed by atoms with van der Waals surface area (Å²) in [4.78, 5) is 15.7. The van der Waals surface area contributed by atoms with Crippen LogP contribution in [-0.4, -0.2) is 36.1 Å². The van der Waals surface area contributed by atoms with E-state index < -0.39 is 0 Å². The van der Waals surface area contributed by atoms with Gasteiger partial charge in [0.1, 0.15) is 0 Å². The number of rotatable bonds is 7. The van der Waals surface area contributed by atoms with Crippen molar-refractivity contribution in [3.05, 3.63) is 22.4 Å². The van der Waals surface area contributed by atoms with Crippen molar-refractivity contribution in [1.29, 1.82) is 0 Å². The highest BCUT2D eigenvalue weighted by Gasteiger charge is 2.24. The molecule has 1 amide bonds. The number of carbonyl (C=O) groups excluding carboxylic acids is 1. The van der Waals surface area contributed by atoms with E-state index in [9.17, 15) is 4.79 Å². The third kappa shape index (κ3) is 5.09. The van der Waals surface area contributed by atoms with Gasteiger partial charge in [0, 0.05) is 30.5 Å². The van der Waals surface area contributed by atoms with Crippen LogP contribution in [0, 0.1) is 5.92 Å². The predicted molar refractivity (Wildman–Crippen MR) is 86.1 cm³/mol. The fraction of sp³-hybridized carbons (Fsp3) is 0.688. The van der Waals surface area contributed by atoms with Crippen LogP contribution in [0.2, 0.25) is 0 Å². The molecule has 0 bridgehead atoms. The first-order chi connectivity index (χ1) is 10.1. The van der Waals surface area contributed by atoms with Gasteiger partial charge in [-0.3, -0.25) is 4.79 Å². The van der Waals surface area contributed by atoms with Gasteiger partial charge in [-0.05, 0) is 30.2 Å². The zero-order valence-corrected chi connectivity index (χ0v) is 13.8. The molecule has 5 heteroatoms. The molecule has 0 radical (unpaired) electrons. The summed E-state index contributed by atoms with van der Waals surface area (Å²) in [5.74, 6) is 0.459. The third-order valence-electron chi connectivity index (χ3n) is 3.99. The lowest BCUT2D eigenvalue weighted by atomic mass is 10.0. The van der Waals surface area contributed by atoms with Gasteiger partial charge in [-0.2, -0.15) is 0 Å². The summed E-state index contributed by atoms with van der Waals surface area (Å²) in [6, 6.07) is 4.02. The summed E-state index contributed by atoms with van der Waals surface area (Å²) in [5.41, 5.74) is 6.06. The van der Waals surface area contributed by atoms with Crippen LogP contribution in [0.3, 0.4) is 0 Å². The monoisotopic (exact) mass is 310 g/mol. The minimum absolute atomic E-state index is 0.0761. The number of carbonyl (C=O) groups is 1. The molecule has 1 aromatic heterocycles. The van der Waals surface area contributed by atoms with E-state index in [4.69, 9.17) is 10.5 Å². The maximum absolute atomic E-state index is 12.6. The van der Waals surface area contributed by atoms with Gasteiger partial charge >= 0.3 is 0 Å². The van der Waals surface area contributed by atoms with Crippen LogP contribution < -0.4 is 5.73 Å². The number of nitrogens with zero attached hydrogens (tertiary/aromatic N) is 1. The topological polar surface area (TPSA) is 55.6 Å². The Morgan fingerprint density at radius 3 is 2.95 bits per heavy atom. The third-order valence-corrected chi connectivity index (χ3v) is 4.86. The molecule has 1 aliphatic heterocycles. The van der Waals surface area contributed by atoms with Crippen molar-refractivity contribution in [3.8, 4) is 0 Å². The molecule has 118 valence electrons. The number of nitrogens with two attached hydrogens (primary N) is 1. The number of amides is 1. The summed E-state index contributed by atoms with van der Waals surface area (Å²) in [7, 11) is 0. The van der Waals surface area contributed by atoms with Crippen LogP contribution in [0.5, 0.6) is 0 Å². The largest absolute Gasteiger partial charge is 0.376 e. The number of thiophene rings is 1. The van der Waals surface area contributed by atoms with Crippen LogP contribution in [0.15, 0.2) is 17.5 Å². The molecule has 1 saturated heterocycles. The quantitative estimate of drug-likeness (QED) is 0.842. The molecule has 2 atom stereocenters. The zero-order chi connectivity index (χ0) is 15.2. The van der Waals surface area contributed by atoms with E-state index in [1.54, 1.807) is 11.3 Å². The lowest BCUT2D eigenvalue weighted by molar-refractivity contribution is -0.134. The normalized spacial score (nSPS) is 19.9. The minimum Gasteiger partial charge on any atom is -0.376 e. The minimum atomic E-state index is -0.0761. The first-order valence-electron chi connectivity index (χ1n) is 7.73. The molecule has 0 saturated carbocycles. The highest BCUT2D eigenvalue weighted by Crippen LogP contribution is 2.18. The van der Waals surface area contributed by atoms with E-state index in [-0.39, 0.29) is 18.1 Å². The summed E-state index contributed by atoms with van der Waals surface area (Å²) in [6.07, 6.45) is 2.74. The predicted octanol–water partition coefficient (Wildman–Crippen LogP) is 2.63. The Bertz CT molecular complexity index is 427. The Labute approximate surface area is 131 Å². The molecule has 4 nitrogen and oxygen atoms in total. The molecule has 0 aromatic carbocycles. The summed E-state index contributed by atoms with van der Waals surface area (Å²) in [5, 5.41) is 2.05. The second kappa shape index (κ2) is 7.92. The number of hydrogen-bond acceptors (Lipinski definition) is 4.